The van der Waals surface area contributed by atoms with Gasteiger partial charge in [0, 0.05) is 5.92 Å². The highest BCUT2D eigenvalue weighted by molar-refractivity contribution is 5.85. The minimum Gasteiger partial charge on any atom is -0.387 e. The van der Waals surface area contributed by atoms with Crippen molar-refractivity contribution in [2.75, 3.05) is 0 Å². The van der Waals surface area contributed by atoms with Crippen LogP contribution in [0.5, 0.6) is 0 Å². The Morgan fingerprint density at radius 3 is 2.09 bits per heavy atom. The predicted molar refractivity (Wildman–Crippen MR) is 50.3 cm³/mol. The summed E-state index contributed by atoms with van der Waals surface area (Å²) in [5.41, 5.74) is 5.40. The van der Waals surface area contributed by atoms with Crippen LogP contribution in [0, 0.1) is 17.2 Å². The maximum Gasteiger partial charge on any atom is 0.0936 e. The lowest BCUT2D eigenvalue weighted by molar-refractivity contribution is 0.342. The van der Waals surface area contributed by atoms with E-state index in [2.05, 4.69) is 6.92 Å². The molecule has 2 nitrogen and oxygen atoms in total. The molecule has 0 atom stereocenters. The van der Waals surface area contributed by atoms with E-state index in [4.69, 9.17) is 11.1 Å². The number of amidine groups is 1. The van der Waals surface area contributed by atoms with Crippen molar-refractivity contribution < 1.29 is 0 Å². The summed E-state index contributed by atoms with van der Waals surface area (Å²) in [5.74, 6) is 1.65. The molecule has 3 N–H and O–H groups in total. The lowest BCUT2D eigenvalue weighted by Gasteiger charge is -2.24. The molecule has 0 aromatic heterocycles. The molecule has 0 aliphatic heterocycles. The van der Waals surface area contributed by atoms with Gasteiger partial charge in [0.1, 0.15) is 0 Å². The van der Waals surface area contributed by atoms with Crippen molar-refractivity contribution in [2.45, 2.75) is 32.6 Å². The largest absolute Gasteiger partial charge is 0.387 e. The monoisotopic (exact) mass is 176 g/mol. The maximum absolute atomic E-state index is 7.23. The Kier molecular flexibility index (Phi) is 4.50. The smallest absolute Gasteiger partial charge is 0.0936 e. The van der Waals surface area contributed by atoms with E-state index < -0.39 is 0 Å². The Hall–Kier alpha value is -0.240. The second-order valence-electron chi connectivity index (χ2n) is 3.41. The fourth-order valence-electron chi connectivity index (χ4n) is 1.57. The topological polar surface area (TPSA) is 49.9 Å². The summed E-state index contributed by atoms with van der Waals surface area (Å²) in [4.78, 5) is 0. The van der Waals surface area contributed by atoms with Crippen LogP contribution >= 0.6 is 12.4 Å². The summed E-state index contributed by atoms with van der Waals surface area (Å²) in [6.07, 6.45) is 4.78. The third kappa shape index (κ3) is 3.10. The number of rotatable bonds is 1. The van der Waals surface area contributed by atoms with Crippen LogP contribution < -0.4 is 5.73 Å². The second-order valence-corrected chi connectivity index (χ2v) is 3.41. The average Bonchev–Trinajstić information content (AvgIpc) is 1.88. The van der Waals surface area contributed by atoms with Gasteiger partial charge in [0.2, 0.25) is 0 Å². The Morgan fingerprint density at radius 1 is 1.27 bits per heavy atom. The molecule has 1 aliphatic rings. The zero-order valence-electron chi connectivity index (χ0n) is 6.97. The molecular formula is C8H17ClN2. The van der Waals surface area contributed by atoms with Crippen molar-refractivity contribution in [3.63, 3.8) is 0 Å². The molecule has 0 bridgehead atoms. The third-order valence-corrected chi connectivity index (χ3v) is 2.46. The Balaban J connectivity index is 0.000001000. The van der Waals surface area contributed by atoms with E-state index in [0.717, 1.165) is 18.8 Å². The first-order valence-corrected chi connectivity index (χ1v) is 4.04. The molecule has 0 aromatic carbocycles. The van der Waals surface area contributed by atoms with Gasteiger partial charge in [-0.15, -0.1) is 12.4 Å². The molecule has 1 aliphatic carbocycles. The van der Waals surface area contributed by atoms with Crippen molar-refractivity contribution in [1.82, 2.24) is 0 Å². The molecule has 0 radical (unpaired) electrons. The van der Waals surface area contributed by atoms with Gasteiger partial charge in [-0.1, -0.05) is 19.8 Å². The first-order chi connectivity index (χ1) is 4.70. The van der Waals surface area contributed by atoms with Crippen LogP contribution in [0.2, 0.25) is 0 Å². The van der Waals surface area contributed by atoms with Crippen LogP contribution in [0.1, 0.15) is 32.6 Å². The molecule has 0 aromatic rings. The fourth-order valence-corrected chi connectivity index (χ4v) is 1.57. The predicted octanol–water partition coefficient (Wildman–Crippen LogP) is 2.17. The summed E-state index contributed by atoms with van der Waals surface area (Å²) in [5, 5.41) is 7.23. The lowest BCUT2D eigenvalue weighted by atomic mass is 9.82. The van der Waals surface area contributed by atoms with Crippen LogP contribution in [0.25, 0.3) is 0 Å². The van der Waals surface area contributed by atoms with E-state index in [-0.39, 0.29) is 12.4 Å². The van der Waals surface area contributed by atoms with Gasteiger partial charge in [-0.2, -0.15) is 0 Å². The van der Waals surface area contributed by atoms with E-state index in [9.17, 15) is 0 Å². The van der Waals surface area contributed by atoms with Gasteiger partial charge in [-0.3, -0.25) is 5.41 Å². The minimum absolute atomic E-state index is 0. The molecular weight excluding hydrogens is 160 g/mol. The van der Waals surface area contributed by atoms with Gasteiger partial charge in [-0.25, -0.2) is 0 Å². The Morgan fingerprint density at radius 2 is 1.73 bits per heavy atom. The maximum atomic E-state index is 7.23. The summed E-state index contributed by atoms with van der Waals surface area (Å²) >= 11 is 0. The van der Waals surface area contributed by atoms with Crippen LogP contribution in [-0.4, -0.2) is 5.84 Å². The molecule has 11 heavy (non-hydrogen) atoms. The molecule has 0 spiro atoms. The van der Waals surface area contributed by atoms with E-state index in [1.165, 1.54) is 12.8 Å². The minimum atomic E-state index is 0. The summed E-state index contributed by atoms with van der Waals surface area (Å²) < 4.78 is 0. The van der Waals surface area contributed by atoms with E-state index in [1.54, 1.807) is 0 Å². The molecule has 1 fully saturated rings. The van der Waals surface area contributed by atoms with Gasteiger partial charge in [0.15, 0.2) is 0 Å². The van der Waals surface area contributed by atoms with Gasteiger partial charge in [0.25, 0.3) is 0 Å². The van der Waals surface area contributed by atoms with E-state index >= 15 is 0 Å². The van der Waals surface area contributed by atoms with E-state index in [1.807, 2.05) is 0 Å². The summed E-state index contributed by atoms with van der Waals surface area (Å²) in [6, 6.07) is 0. The van der Waals surface area contributed by atoms with Crippen LogP contribution in [-0.2, 0) is 0 Å². The second kappa shape index (κ2) is 4.60. The number of nitrogens with two attached hydrogens (primary N) is 1. The summed E-state index contributed by atoms with van der Waals surface area (Å²) in [6.45, 7) is 2.27. The molecule has 1 saturated carbocycles. The van der Waals surface area contributed by atoms with Crippen LogP contribution in [0.3, 0.4) is 0 Å². The Labute approximate surface area is 74.5 Å². The molecule has 0 saturated heterocycles. The highest BCUT2D eigenvalue weighted by atomic mass is 35.5. The fraction of sp³-hybridized carbons (Fsp3) is 0.875. The van der Waals surface area contributed by atoms with Gasteiger partial charge < -0.3 is 5.73 Å². The number of halogens is 1. The number of hydrogen-bond donors (Lipinski definition) is 2. The zero-order valence-corrected chi connectivity index (χ0v) is 7.79. The highest BCUT2D eigenvalue weighted by Crippen LogP contribution is 2.27. The first kappa shape index (κ1) is 10.8. The number of nitrogens with one attached hydrogen (secondary N) is 1. The zero-order chi connectivity index (χ0) is 7.56. The summed E-state index contributed by atoms with van der Waals surface area (Å²) in [7, 11) is 0. The SMILES string of the molecule is CC1CCC(C(=N)N)CC1.Cl. The van der Waals surface area contributed by atoms with Gasteiger partial charge >= 0.3 is 0 Å². The van der Waals surface area contributed by atoms with E-state index in [0.29, 0.717) is 11.8 Å². The van der Waals surface area contributed by atoms with Crippen molar-refractivity contribution >= 4 is 18.2 Å². The van der Waals surface area contributed by atoms with Crippen LogP contribution in [0.15, 0.2) is 0 Å². The van der Waals surface area contributed by atoms with Crippen molar-refractivity contribution in [3.8, 4) is 0 Å². The standard InChI is InChI=1S/C8H16N2.ClH/c1-6-2-4-7(5-3-6)8(9)10;/h6-7H,2-5H2,1H3,(H3,9,10);1H. The van der Waals surface area contributed by atoms with Gasteiger partial charge in [-0.05, 0) is 18.8 Å². The molecule has 0 heterocycles. The molecule has 0 amide bonds. The Bertz CT molecular complexity index is 128. The van der Waals surface area contributed by atoms with Crippen molar-refractivity contribution in [3.05, 3.63) is 0 Å². The molecule has 0 unspecified atom stereocenters. The first-order valence-electron chi connectivity index (χ1n) is 4.04. The highest BCUT2D eigenvalue weighted by Gasteiger charge is 2.19. The van der Waals surface area contributed by atoms with Crippen molar-refractivity contribution in [2.24, 2.45) is 17.6 Å². The molecule has 1 rings (SSSR count). The third-order valence-electron chi connectivity index (χ3n) is 2.46. The average molecular weight is 177 g/mol. The lowest BCUT2D eigenvalue weighted by Crippen LogP contribution is -2.26. The van der Waals surface area contributed by atoms with Crippen molar-refractivity contribution in [1.29, 1.82) is 5.41 Å². The molecule has 66 valence electrons. The number of hydrogen-bond acceptors (Lipinski definition) is 1. The van der Waals surface area contributed by atoms with Crippen LogP contribution in [0.4, 0.5) is 0 Å². The quantitative estimate of drug-likeness (QED) is 0.467. The normalized spacial score (nSPS) is 30.6. The van der Waals surface area contributed by atoms with Gasteiger partial charge in [0.05, 0.1) is 5.84 Å². The molecule has 3 heteroatoms.